The molecule has 0 saturated carbocycles. The first-order valence-electron chi connectivity index (χ1n) is 6.40. The van der Waals surface area contributed by atoms with Gasteiger partial charge in [0.2, 0.25) is 0 Å². The number of aromatic nitrogens is 1. The Labute approximate surface area is 118 Å². The lowest BCUT2D eigenvalue weighted by molar-refractivity contribution is 0.158. The Balaban J connectivity index is 1.83. The molecular formula is C13H19ClN4O. The van der Waals surface area contributed by atoms with Crippen LogP contribution in [0.5, 0.6) is 0 Å². The number of urea groups is 1. The minimum Gasteiger partial charge on any atom is -0.381 e. The predicted molar refractivity (Wildman–Crippen MR) is 76.5 cm³/mol. The summed E-state index contributed by atoms with van der Waals surface area (Å²) in [4.78, 5) is 19.4. The standard InChI is InChI=1S/C13H19ClN4O/c1-17(2)13(19)18-7-5-10(6-8-18)16-11-3-4-12(14)15-9-11/h3-4,9-10,16H,5-8H2,1-2H3. The average Bonchev–Trinajstić information content (AvgIpc) is 2.41. The monoisotopic (exact) mass is 282 g/mol. The highest BCUT2D eigenvalue weighted by molar-refractivity contribution is 6.29. The minimum atomic E-state index is 0.0895. The summed E-state index contributed by atoms with van der Waals surface area (Å²) in [5, 5.41) is 3.92. The van der Waals surface area contributed by atoms with Gasteiger partial charge in [0.1, 0.15) is 5.15 Å². The Bertz CT molecular complexity index is 427. The van der Waals surface area contributed by atoms with Gasteiger partial charge in [0, 0.05) is 33.2 Å². The fourth-order valence-corrected chi connectivity index (χ4v) is 2.31. The topological polar surface area (TPSA) is 48.5 Å². The smallest absolute Gasteiger partial charge is 0.319 e. The molecule has 1 aromatic heterocycles. The van der Waals surface area contributed by atoms with E-state index in [0.717, 1.165) is 31.6 Å². The Morgan fingerprint density at radius 3 is 2.63 bits per heavy atom. The average molecular weight is 283 g/mol. The maximum atomic E-state index is 11.8. The van der Waals surface area contributed by atoms with Gasteiger partial charge in [-0.1, -0.05) is 11.6 Å². The van der Waals surface area contributed by atoms with Crippen molar-refractivity contribution in [1.29, 1.82) is 0 Å². The van der Waals surface area contributed by atoms with Crippen LogP contribution in [0.3, 0.4) is 0 Å². The van der Waals surface area contributed by atoms with Crippen LogP contribution in [0.1, 0.15) is 12.8 Å². The maximum absolute atomic E-state index is 11.8. The second kappa shape index (κ2) is 6.10. The molecule has 1 aromatic rings. The Morgan fingerprint density at radius 1 is 1.42 bits per heavy atom. The Kier molecular flexibility index (Phi) is 4.47. The molecule has 0 unspecified atom stereocenters. The number of piperidine rings is 1. The third-order valence-electron chi connectivity index (χ3n) is 3.25. The van der Waals surface area contributed by atoms with Gasteiger partial charge in [0.25, 0.3) is 0 Å². The van der Waals surface area contributed by atoms with Crippen molar-refractivity contribution in [3.05, 3.63) is 23.5 Å². The summed E-state index contributed by atoms with van der Waals surface area (Å²) < 4.78 is 0. The van der Waals surface area contributed by atoms with Crippen LogP contribution in [0.4, 0.5) is 10.5 Å². The van der Waals surface area contributed by atoms with Crippen molar-refractivity contribution >= 4 is 23.3 Å². The molecule has 1 aliphatic rings. The summed E-state index contributed by atoms with van der Waals surface area (Å²) in [7, 11) is 3.57. The number of hydrogen-bond acceptors (Lipinski definition) is 3. The SMILES string of the molecule is CN(C)C(=O)N1CCC(Nc2ccc(Cl)nc2)CC1. The highest BCUT2D eigenvalue weighted by Crippen LogP contribution is 2.17. The van der Waals surface area contributed by atoms with Crippen LogP contribution in [0.2, 0.25) is 5.15 Å². The first-order chi connectivity index (χ1) is 9.06. The molecule has 1 saturated heterocycles. The number of anilines is 1. The fraction of sp³-hybridized carbons (Fsp3) is 0.538. The number of carbonyl (C=O) groups excluding carboxylic acids is 1. The van der Waals surface area contributed by atoms with Crippen molar-refractivity contribution in [3.8, 4) is 0 Å². The molecule has 1 fully saturated rings. The summed E-state index contributed by atoms with van der Waals surface area (Å²) >= 11 is 5.75. The molecule has 0 bridgehead atoms. The number of rotatable bonds is 2. The van der Waals surface area contributed by atoms with E-state index in [1.807, 2.05) is 11.0 Å². The molecule has 2 heterocycles. The number of likely N-dealkylation sites (tertiary alicyclic amines) is 1. The lowest BCUT2D eigenvalue weighted by atomic mass is 10.1. The van der Waals surface area contributed by atoms with E-state index < -0.39 is 0 Å². The Hall–Kier alpha value is -1.49. The number of hydrogen-bond donors (Lipinski definition) is 1. The summed E-state index contributed by atoms with van der Waals surface area (Å²) in [5.74, 6) is 0. The molecule has 0 atom stereocenters. The summed E-state index contributed by atoms with van der Waals surface area (Å²) in [6.07, 6.45) is 3.63. The van der Waals surface area contributed by atoms with Gasteiger partial charge in [-0.05, 0) is 25.0 Å². The molecule has 1 aliphatic heterocycles. The molecule has 1 N–H and O–H groups in total. The first-order valence-corrected chi connectivity index (χ1v) is 6.78. The van der Waals surface area contributed by atoms with Gasteiger partial charge < -0.3 is 15.1 Å². The van der Waals surface area contributed by atoms with Crippen LogP contribution in [-0.2, 0) is 0 Å². The summed E-state index contributed by atoms with van der Waals surface area (Å²) in [5.41, 5.74) is 0.974. The van der Waals surface area contributed by atoms with Crippen molar-refractivity contribution in [1.82, 2.24) is 14.8 Å². The largest absolute Gasteiger partial charge is 0.381 e. The van der Waals surface area contributed by atoms with Crippen molar-refractivity contribution in [2.24, 2.45) is 0 Å². The summed E-state index contributed by atoms with van der Waals surface area (Å²) in [6.45, 7) is 1.57. The lowest BCUT2D eigenvalue weighted by Crippen LogP contribution is -2.46. The van der Waals surface area contributed by atoms with Crippen molar-refractivity contribution in [2.75, 3.05) is 32.5 Å². The number of pyridine rings is 1. The zero-order chi connectivity index (χ0) is 13.8. The van der Waals surface area contributed by atoms with Crippen molar-refractivity contribution in [2.45, 2.75) is 18.9 Å². The number of carbonyl (C=O) groups is 1. The van der Waals surface area contributed by atoms with Gasteiger partial charge in [-0.15, -0.1) is 0 Å². The van der Waals surface area contributed by atoms with Crippen LogP contribution in [-0.4, -0.2) is 54.0 Å². The zero-order valence-electron chi connectivity index (χ0n) is 11.3. The van der Waals surface area contributed by atoms with Crippen LogP contribution in [0.15, 0.2) is 18.3 Å². The number of nitrogens with zero attached hydrogens (tertiary/aromatic N) is 3. The molecule has 6 heteroatoms. The molecular weight excluding hydrogens is 264 g/mol. The fourth-order valence-electron chi connectivity index (χ4n) is 2.19. The van der Waals surface area contributed by atoms with E-state index in [2.05, 4.69) is 10.3 Å². The van der Waals surface area contributed by atoms with E-state index >= 15 is 0 Å². The third-order valence-corrected chi connectivity index (χ3v) is 3.47. The van der Waals surface area contributed by atoms with Crippen molar-refractivity contribution < 1.29 is 4.79 Å². The predicted octanol–water partition coefficient (Wildman–Crippen LogP) is 2.29. The highest BCUT2D eigenvalue weighted by Gasteiger charge is 2.23. The van der Waals surface area contributed by atoms with Gasteiger partial charge in [-0.25, -0.2) is 9.78 Å². The van der Waals surface area contributed by atoms with Crippen LogP contribution in [0.25, 0.3) is 0 Å². The minimum absolute atomic E-state index is 0.0895. The third kappa shape index (κ3) is 3.73. The molecule has 2 rings (SSSR count). The van der Waals surface area contributed by atoms with E-state index in [1.54, 1.807) is 31.3 Å². The molecule has 5 nitrogen and oxygen atoms in total. The second-order valence-electron chi connectivity index (χ2n) is 4.95. The maximum Gasteiger partial charge on any atom is 0.319 e. The number of halogens is 1. The molecule has 0 aliphatic carbocycles. The van der Waals surface area contributed by atoms with Crippen LogP contribution in [0, 0.1) is 0 Å². The number of nitrogens with one attached hydrogen (secondary N) is 1. The lowest BCUT2D eigenvalue weighted by Gasteiger charge is -2.34. The van der Waals surface area contributed by atoms with Gasteiger partial charge >= 0.3 is 6.03 Å². The molecule has 0 radical (unpaired) electrons. The van der Waals surface area contributed by atoms with Gasteiger partial charge in [-0.2, -0.15) is 0 Å². The summed E-state index contributed by atoms with van der Waals surface area (Å²) in [6, 6.07) is 4.17. The normalized spacial score (nSPS) is 16.3. The molecule has 104 valence electrons. The van der Waals surface area contributed by atoms with Gasteiger partial charge in [-0.3, -0.25) is 0 Å². The van der Waals surface area contributed by atoms with Gasteiger partial charge in [0.15, 0.2) is 0 Å². The van der Waals surface area contributed by atoms with E-state index in [0.29, 0.717) is 11.2 Å². The van der Waals surface area contributed by atoms with E-state index in [-0.39, 0.29) is 6.03 Å². The molecule has 19 heavy (non-hydrogen) atoms. The van der Waals surface area contributed by atoms with Crippen molar-refractivity contribution in [3.63, 3.8) is 0 Å². The quantitative estimate of drug-likeness (QED) is 0.847. The molecule has 0 spiro atoms. The number of amides is 2. The second-order valence-corrected chi connectivity index (χ2v) is 5.34. The van der Waals surface area contributed by atoms with E-state index in [9.17, 15) is 4.79 Å². The van der Waals surface area contributed by atoms with Gasteiger partial charge in [0.05, 0.1) is 11.9 Å². The molecule has 2 amide bonds. The van der Waals surface area contributed by atoms with E-state index in [4.69, 9.17) is 11.6 Å². The van der Waals surface area contributed by atoms with Crippen LogP contribution >= 0.6 is 11.6 Å². The van der Waals surface area contributed by atoms with Crippen LogP contribution < -0.4 is 5.32 Å². The first kappa shape index (κ1) is 13.9. The van der Waals surface area contributed by atoms with E-state index in [1.165, 1.54) is 0 Å². The molecule has 0 aromatic carbocycles. The highest BCUT2D eigenvalue weighted by atomic mass is 35.5. The zero-order valence-corrected chi connectivity index (χ0v) is 12.0. The Morgan fingerprint density at radius 2 is 2.11 bits per heavy atom.